The van der Waals surface area contributed by atoms with Crippen molar-refractivity contribution in [3.63, 3.8) is 0 Å². The lowest BCUT2D eigenvalue weighted by molar-refractivity contribution is -0.275. The molecule has 0 aliphatic carbocycles. The van der Waals surface area contributed by atoms with E-state index in [1.165, 1.54) is 30.3 Å². The van der Waals surface area contributed by atoms with E-state index in [4.69, 9.17) is 12.5 Å². The third-order valence-corrected chi connectivity index (χ3v) is 10.7. The molecular formula is C34H19F9O13S3. The van der Waals surface area contributed by atoms with Gasteiger partial charge in [0, 0.05) is 5.56 Å². The second-order valence-electron chi connectivity index (χ2n) is 11.1. The van der Waals surface area contributed by atoms with Crippen LogP contribution in [0.2, 0.25) is 0 Å². The molecule has 0 saturated heterocycles. The van der Waals surface area contributed by atoms with Crippen molar-refractivity contribution in [2.24, 2.45) is 0 Å². The van der Waals surface area contributed by atoms with Gasteiger partial charge in [-0.1, -0.05) is 30.3 Å². The van der Waals surface area contributed by atoms with Crippen LogP contribution in [0.15, 0.2) is 130 Å². The monoisotopic (exact) mass is 902 g/mol. The normalized spacial score (nSPS) is 12.6. The summed E-state index contributed by atoms with van der Waals surface area (Å²) in [6.07, 6.45) is -15.6. The molecular weight excluding hydrogens is 884 g/mol. The molecule has 5 aromatic rings. The molecule has 5 rings (SSSR count). The van der Waals surface area contributed by atoms with Crippen molar-refractivity contribution in [1.29, 1.82) is 0 Å². The number of carbonyl (C=O) groups is 1. The molecule has 13 nitrogen and oxygen atoms in total. The van der Waals surface area contributed by atoms with Gasteiger partial charge in [-0.2, -0.15) is 25.3 Å². The Labute approximate surface area is 326 Å². The molecule has 0 bridgehead atoms. The maximum Gasteiger partial charge on any atom is 0.573 e. The molecule has 0 aromatic heterocycles. The SMILES string of the molecule is O=C(c1ccccc1)c1ccc(OS(=O)(=O)c2ccc(OC(F)(F)F)cc2)c(OS(=O)(=O)c2ccc(OC(F)(F)F)cc2)c1OS(=O)(=O)c1ccc(OC(F)(F)F)cc1. The first kappa shape index (κ1) is 43.9. The van der Waals surface area contributed by atoms with Crippen LogP contribution in [0, 0.1) is 0 Å². The zero-order valence-corrected chi connectivity index (χ0v) is 30.9. The fourth-order valence-electron chi connectivity index (χ4n) is 4.60. The molecule has 0 heterocycles. The maximum atomic E-state index is 13.8. The summed E-state index contributed by atoms with van der Waals surface area (Å²) in [6.45, 7) is 0. The Morgan fingerprint density at radius 1 is 0.407 bits per heavy atom. The predicted octanol–water partition coefficient (Wildman–Crippen LogP) is 7.92. The average Bonchev–Trinajstić information content (AvgIpc) is 3.11. The van der Waals surface area contributed by atoms with Gasteiger partial charge in [-0.3, -0.25) is 4.79 Å². The molecule has 314 valence electrons. The van der Waals surface area contributed by atoms with Crippen LogP contribution in [-0.2, 0) is 30.4 Å². The molecule has 0 N–H and O–H groups in total. The summed E-state index contributed by atoms with van der Waals surface area (Å²) in [7, 11) is -16.2. The van der Waals surface area contributed by atoms with E-state index in [2.05, 4.69) is 14.2 Å². The van der Waals surface area contributed by atoms with Crippen molar-refractivity contribution in [1.82, 2.24) is 0 Å². The largest absolute Gasteiger partial charge is 0.573 e. The molecule has 0 amide bonds. The minimum absolute atomic E-state index is 0.222. The molecule has 0 radical (unpaired) electrons. The third-order valence-electron chi connectivity index (χ3n) is 6.98. The highest BCUT2D eigenvalue weighted by Gasteiger charge is 2.36. The molecule has 0 atom stereocenters. The van der Waals surface area contributed by atoms with Crippen LogP contribution < -0.4 is 26.8 Å². The summed E-state index contributed by atoms with van der Waals surface area (Å²) < 4.78 is 222. The fraction of sp³-hybridized carbons (Fsp3) is 0.0882. The summed E-state index contributed by atoms with van der Waals surface area (Å²) >= 11 is 0. The molecule has 59 heavy (non-hydrogen) atoms. The highest BCUT2D eigenvalue weighted by molar-refractivity contribution is 7.87. The second kappa shape index (κ2) is 16.2. The summed E-state index contributed by atoms with van der Waals surface area (Å²) in [4.78, 5) is 10.9. The number of halogens is 9. The van der Waals surface area contributed by atoms with Gasteiger partial charge in [0.05, 0.1) is 5.56 Å². The van der Waals surface area contributed by atoms with Crippen molar-refractivity contribution in [3.8, 4) is 34.5 Å². The maximum absolute atomic E-state index is 13.8. The van der Waals surface area contributed by atoms with Crippen molar-refractivity contribution >= 4 is 36.1 Å². The lowest BCUT2D eigenvalue weighted by atomic mass is 10.0. The van der Waals surface area contributed by atoms with E-state index in [-0.39, 0.29) is 5.56 Å². The molecule has 5 aromatic carbocycles. The van der Waals surface area contributed by atoms with E-state index in [0.29, 0.717) is 84.9 Å². The first-order valence-electron chi connectivity index (χ1n) is 15.4. The van der Waals surface area contributed by atoms with Crippen molar-refractivity contribution in [3.05, 3.63) is 126 Å². The average molecular weight is 903 g/mol. The van der Waals surface area contributed by atoms with Gasteiger partial charge < -0.3 is 26.8 Å². The van der Waals surface area contributed by atoms with Crippen LogP contribution >= 0.6 is 0 Å². The first-order valence-corrected chi connectivity index (χ1v) is 19.6. The van der Waals surface area contributed by atoms with E-state index in [1.54, 1.807) is 0 Å². The number of rotatable bonds is 14. The summed E-state index contributed by atoms with van der Waals surface area (Å²) in [5.74, 6) is -8.08. The van der Waals surface area contributed by atoms with Crippen LogP contribution in [0.25, 0.3) is 0 Å². The quantitative estimate of drug-likeness (QED) is 0.0598. The van der Waals surface area contributed by atoms with Crippen LogP contribution in [-0.4, -0.2) is 50.1 Å². The Morgan fingerprint density at radius 2 is 0.746 bits per heavy atom. The van der Waals surface area contributed by atoms with Crippen molar-refractivity contribution < 1.29 is 96.3 Å². The van der Waals surface area contributed by atoms with Crippen LogP contribution in [0.3, 0.4) is 0 Å². The van der Waals surface area contributed by atoms with Gasteiger partial charge in [-0.15, -0.1) is 39.5 Å². The number of ether oxygens (including phenoxy) is 3. The molecule has 0 aliphatic rings. The Balaban J connectivity index is 1.69. The third kappa shape index (κ3) is 11.7. The standard InChI is InChI=1S/C34H19F9O13S3/c35-32(36,37)51-21-6-12-24(13-7-21)57(45,46)54-28-19-18-27(29(44)20-4-2-1-3-5-20)30(55-58(47,48)25-14-8-22(9-15-25)52-33(38,39)40)31(28)56-59(49,50)26-16-10-23(11-17-26)53-34(41,42)43/h1-19H. The van der Waals surface area contributed by atoms with E-state index in [1.807, 2.05) is 0 Å². The molecule has 0 fully saturated rings. The Morgan fingerprint density at radius 3 is 1.10 bits per heavy atom. The minimum Gasteiger partial charge on any atom is -0.406 e. The van der Waals surface area contributed by atoms with Gasteiger partial charge in [-0.25, -0.2) is 0 Å². The minimum atomic E-state index is -5.46. The number of hydrogen-bond donors (Lipinski definition) is 0. The van der Waals surface area contributed by atoms with Gasteiger partial charge >= 0.3 is 49.4 Å². The number of carbonyl (C=O) groups excluding carboxylic acids is 1. The fourth-order valence-corrected chi connectivity index (χ4v) is 7.43. The van der Waals surface area contributed by atoms with Crippen molar-refractivity contribution in [2.75, 3.05) is 0 Å². The molecule has 0 unspecified atom stereocenters. The van der Waals surface area contributed by atoms with Gasteiger partial charge in [0.1, 0.15) is 31.9 Å². The Kier molecular flexibility index (Phi) is 12.1. The first-order chi connectivity index (χ1) is 27.2. The number of hydrogen-bond acceptors (Lipinski definition) is 13. The van der Waals surface area contributed by atoms with Gasteiger partial charge in [-0.05, 0) is 84.9 Å². The number of alkyl halides is 9. The lowest BCUT2D eigenvalue weighted by Crippen LogP contribution is -2.19. The van der Waals surface area contributed by atoms with Crippen LogP contribution in [0.1, 0.15) is 15.9 Å². The summed E-state index contributed by atoms with van der Waals surface area (Å²) in [5.41, 5.74) is -1.10. The zero-order valence-electron chi connectivity index (χ0n) is 28.4. The highest BCUT2D eigenvalue weighted by atomic mass is 32.2. The number of benzene rings is 5. The van der Waals surface area contributed by atoms with Gasteiger partial charge in [0.15, 0.2) is 11.5 Å². The Hall–Kier alpha value is -6.21. The summed E-state index contributed by atoms with van der Waals surface area (Å²) in [6, 6.07) is 14.2. The van der Waals surface area contributed by atoms with Crippen LogP contribution in [0.5, 0.6) is 34.5 Å². The van der Waals surface area contributed by atoms with E-state index >= 15 is 0 Å². The van der Waals surface area contributed by atoms with Gasteiger partial charge in [0.25, 0.3) is 0 Å². The summed E-state index contributed by atoms with van der Waals surface area (Å²) in [5, 5.41) is 0. The van der Waals surface area contributed by atoms with Gasteiger partial charge in [0.2, 0.25) is 11.5 Å². The molecule has 0 spiro atoms. The number of ketones is 1. The molecule has 25 heteroatoms. The molecule has 0 saturated carbocycles. The van der Waals surface area contributed by atoms with E-state index in [9.17, 15) is 69.6 Å². The second-order valence-corrected chi connectivity index (χ2v) is 15.8. The smallest absolute Gasteiger partial charge is 0.406 e. The zero-order chi connectivity index (χ0) is 43.6. The van der Waals surface area contributed by atoms with E-state index < -0.39 is 110 Å². The topological polar surface area (TPSA) is 175 Å². The Bertz CT molecular complexity index is 2650. The van der Waals surface area contributed by atoms with Crippen LogP contribution in [0.4, 0.5) is 39.5 Å². The lowest BCUT2D eigenvalue weighted by Gasteiger charge is -2.19. The highest BCUT2D eigenvalue weighted by Crippen LogP contribution is 2.45. The molecule has 0 aliphatic heterocycles. The van der Waals surface area contributed by atoms with E-state index in [0.717, 1.165) is 0 Å². The predicted molar refractivity (Wildman–Crippen MR) is 179 cm³/mol. The van der Waals surface area contributed by atoms with Crippen molar-refractivity contribution in [2.45, 2.75) is 33.8 Å².